The van der Waals surface area contributed by atoms with Gasteiger partial charge in [0, 0.05) is 17.1 Å². The normalized spacial score (nSPS) is 15.9. The van der Waals surface area contributed by atoms with Gasteiger partial charge in [-0.2, -0.15) is 4.31 Å². The van der Waals surface area contributed by atoms with Crippen LogP contribution in [-0.4, -0.2) is 37.6 Å². The van der Waals surface area contributed by atoms with Crippen LogP contribution in [0, 0.1) is 6.92 Å². The van der Waals surface area contributed by atoms with Crippen molar-refractivity contribution in [3.8, 4) is 0 Å². The molecule has 1 unspecified atom stereocenters. The summed E-state index contributed by atoms with van der Waals surface area (Å²) < 4.78 is 33.6. The summed E-state index contributed by atoms with van der Waals surface area (Å²) in [5.41, 5.74) is 2.81. The Hall–Kier alpha value is -2.71. The number of carbonyl (C=O) groups is 2. The van der Waals surface area contributed by atoms with Gasteiger partial charge in [0.25, 0.3) is 0 Å². The number of nitrogens with zero attached hydrogens (tertiary/aromatic N) is 1. The molecule has 4 rings (SSSR count). The number of esters is 1. The summed E-state index contributed by atoms with van der Waals surface area (Å²) in [6, 6.07) is 17.7. The van der Waals surface area contributed by atoms with Crippen LogP contribution < -0.4 is 0 Å². The molecule has 6 nitrogen and oxygen atoms in total. The molecule has 0 N–H and O–H groups in total. The number of rotatable bonds is 7. The van der Waals surface area contributed by atoms with E-state index in [4.69, 9.17) is 27.9 Å². The summed E-state index contributed by atoms with van der Waals surface area (Å²) in [6.07, 6.45) is 0.289. The standard InChI is InChI=1S/C26H23Cl2NO5S/c1-17-6-9-20(10-7-17)35(32,33)29-13-12-18-4-2-3-5-21(18)24(29)15-26(31)34-16-25(30)22-14-19(27)8-11-23(22)28/h2-11,14,24H,12-13,15-16H2,1H3. The van der Waals surface area contributed by atoms with Gasteiger partial charge in [0.2, 0.25) is 15.8 Å². The van der Waals surface area contributed by atoms with Crippen LogP contribution >= 0.6 is 23.2 Å². The molecule has 1 atom stereocenters. The van der Waals surface area contributed by atoms with Crippen molar-refractivity contribution in [2.75, 3.05) is 13.2 Å². The Morgan fingerprint density at radius 1 is 1.03 bits per heavy atom. The number of hydrogen-bond donors (Lipinski definition) is 0. The topological polar surface area (TPSA) is 80.8 Å². The maximum absolute atomic E-state index is 13.5. The average molecular weight is 532 g/mol. The summed E-state index contributed by atoms with van der Waals surface area (Å²) in [5, 5.41) is 0.534. The van der Waals surface area contributed by atoms with E-state index in [0.29, 0.717) is 11.4 Å². The van der Waals surface area contributed by atoms with Crippen LogP contribution in [0.2, 0.25) is 10.0 Å². The number of halogens is 2. The second kappa shape index (κ2) is 10.5. The van der Waals surface area contributed by atoms with Crippen molar-refractivity contribution < 1.29 is 22.7 Å². The van der Waals surface area contributed by atoms with E-state index in [1.807, 2.05) is 31.2 Å². The number of sulfonamides is 1. The van der Waals surface area contributed by atoms with E-state index in [1.54, 1.807) is 30.3 Å². The molecule has 1 aliphatic heterocycles. The van der Waals surface area contributed by atoms with E-state index in [-0.39, 0.29) is 28.4 Å². The van der Waals surface area contributed by atoms with E-state index >= 15 is 0 Å². The number of ether oxygens (including phenoxy) is 1. The first-order valence-electron chi connectivity index (χ1n) is 11.0. The van der Waals surface area contributed by atoms with Crippen LogP contribution in [-0.2, 0) is 26.0 Å². The van der Waals surface area contributed by atoms with Gasteiger partial charge in [-0.05, 0) is 54.8 Å². The highest BCUT2D eigenvalue weighted by Gasteiger charge is 2.37. The summed E-state index contributed by atoms with van der Waals surface area (Å²) in [7, 11) is -3.87. The fourth-order valence-electron chi connectivity index (χ4n) is 4.13. The van der Waals surface area contributed by atoms with Gasteiger partial charge in [0.1, 0.15) is 0 Å². The Morgan fingerprint density at radius 3 is 2.49 bits per heavy atom. The average Bonchev–Trinajstić information content (AvgIpc) is 2.84. The van der Waals surface area contributed by atoms with Crippen molar-refractivity contribution in [3.05, 3.63) is 99.0 Å². The van der Waals surface area contributed by atoms with E-state index in [1.165, 1.54) is 16.4 Å². The lowest BCUT2D eigenvalue weighted by Crippen LogP contribution is -2.41. The van der Waals surface area contributed by atoms with Crippen LogP contribution in [0.5, 0.6) is 0 Å². The van der Waals surface area contributed by atoms with E-state index in [0.717, 1.165) is 16.7 Å². The van der Waals surface area contributed by atoms with Crippen molar-refractivity contribution in [2.24, 2.45) is 0 Å². The van der Waals surface area contributed by atoms with Crippen molar-refractivity contribution in [1.82, 2.24) is 4.31 Å². The lowest BCUT2D eigenvalue weighted by atomic mass is 9.92. The highest BCUT2D eigenvalue weighted by Crippen LogP contribution is 2.36. The summed E-state index contributed by atoms with van der Waals surface area (Å²) in [5.74, 6) is -1.19. The minimum Gasteiger partial charge on any atom is -0.457 e. The number of fused-ring (bicyclic) bond motifs is 1. The van der Waals surface area contributed by atoms with Crippen molar-refractivity contribution in [3.63, 3.8) is 0 Å². The van der Waals surface area contributed by atoms with E-state index < -0.39 is 34.4 Å². The molecule has 35 heavy (non-hydrogen) atoms. The molecule has 1 aliphatic rings. The number of carbonyl (C=O) groups excluding carboxylic acids is 2. The molecule has 9 heteroatoms. The van der Waals surface area contributed by atoms with E-state index in [9.17, 15) is 18.0 Å². The molecular weight excluding hydrogens is 509 g/mol. The molecule has 0 bridgehead atoms. The second-order valence-electron chi connectivity index (χ2n) is 8.31. The lowest BCUT2D eigenvalue weighted by Gasteiger charge is -2.36. The van der Waals surface area contributed by atoms with E-state index in [2.05, 4.69) is 0 Å². The molecule has 0 spiro atoms. The maximum atomic E-state index is 13.5. The van der Waals surface area contributed by atoms with Crippen molar-refractivity contribution in [2.45, 2.75) is 30.7 Å². The Kier molecular flexibility index (Phi) is 7.62. The first-order valence-corrected chi connectivity index (χ1v) is 13.2. The van der Waals surface area contributed by atoms with Gasteiger partial charge < -0.3 is 4.74 Å². The second-order valence-corrected chi connectivity index (χ2v) is 11.0. The van der Waals surface area contributed by atoms with Crippen molar-refractivity contribution >= 4 is 45.0 Å². The summed E-state index contributed by atoms with van der Waals surface area (Å²) in [4.78, 5) is 25.5. The third-order valence-electron chi connectivity index (χ3n) is 5.94. The number of ketones is 1. The van der Waals surface area contributed by atoms with Gasteiger partial charge in [-0.3, -0.25) is 9.59 Å². The molecule has 0 fully saturated rings. The molecule has 0 aromatic heterocycles. The van der Waals surface area contributed by atoms with Gasteiger partial charge in [0.15, 0.2) is 6.61 Å². The summed E-state index contributed by atoms with van der Waals surface area (Å²) >= 11 is 12.0. The van der Waals surface area contributed by atoms with Crippen LogP contribution in [0.25, 0.3) is 0 Å². The Labute approximate surface area is 214 Å². The van der Waals surface area contributed by atoms with Crippen molar-refractivity contribution in [1.29, 1.82) is 0 Å². The van der Waals surface area contributed by atoms with Crippen LogP contribution in [0.3, 0.4) is 0 Å². The first-order chi connectivity index (χ1) is 16.7. The molecule has 0 aliphatic carbocycles. The predicted molar refractivity (Wildman–Crippen MR) is 134 cm³/mol. The molecule has 0 saturated carbocycles. The van der Waals surface area contributed by atoms with Crippen LogP contribution in [0.1, 0.15) is 39.5 Å². The van der Waals surface area contributed by atoms with Crippen LogP contribution in [0.4, 0.5) is 0 Å². The Bertz CT molecular complexity index is 1370. The minimum absolute atomic E-state index is 0.151. The number of aryl methyl sites for hydroxylation is 1. The number of Topliss-reactive ketones (excluding diaryl/α,β-unsaturated/α-hetero) is 1. The molecular formula is C26H23Cl2NO5S. The minimum atomic E-state index is -3.87. The number of benzene rings is 3. The van der Waals surface area contributed by atoms with Crippen LogP contribution in [0.15, 0.2) is 71.6 Å². The highest BCUT2D eigenvalue weighted by atomic mass is 35.5. The fourth-order valence-corrected chi connectivity index (χ4v) is 6.13. The quantitative estimate of drug-likeness (QED) is 0.301. The Balaban J connectivity index is 1.56. The monoisotopic (exact) mass is 531 g/mol. The zero-order valence-electron chi connectivity index (χ0n) is 18.9. The number of hydrogen-bond acceptors (Lipinski definition) is 5. The zero-order chi connectivity index (χ0) is 25.2. The molecule has 0 saturated heterocycles. The van der Waals surface area contributed by atoms with Gasteiger partial charge in [-0.25, -0.2) is 8.42 Å². The van der Waals surface area contributed by atoms with Gasteiger partial charge in [0.05, 0.1) is 22.4 Å². The molecule has 1 heterocycles. The molecule has 182 valence electrons. The molecule has 3 aromatic rings. The SMILES string of the molecule is Cc1ccc(S(=O)(=O)N2CCc3ccccc3C2CC(=O)OCC(=O)c2cc(Cl)ccc2Cl)cc1. The fraction of sp³-hybridized carbons (Fsp3) is 0.231. The molecule has 0 amide bonds. The van der Waals surface area contributed by atoms with Gasteiger partial charge >= 0.3 is 5.97 Å². The first kappa shape index (κ1) is 25.4. The lowest BCUT2D eigenvalue weighted by molar-refractivity contribution is -0.143. The van der Waals surface area contributed by atoms with Gasteiger partial charge in [-0.1, -0.05) is 65.2 Å². The molecule has 3 aromatic carbocycles. The largest absolute Gasteiger partial charge is 0.457 e. The van der Waals surface area contributed by atoms with Gasteiger partial charge in [-0.15, -0.1) is 0 Å². The maximum Gasteiger partial charge on any atom is 0.308 e. The third-order valence-corrected chi connectivity index (χ3v) is 8.43. The zero-order valence-corrected chi connectivity index (χ0v) is 21.2. The smallest absolute Gasteiger partial charge is 0.308 e. The highest BCUT2D eigenvalue weighted by molar-refractivity contribution is 7.89. The molecule has 0 radical (unpaired) electrons. The summed E-state index contributed by atoms with van der Waals surface area (Å²) in [6.45, 7) is 1.57. The Morgan fingerprint density at radius 2 is 1.74 bits per heavy atom. The third kappa shape index (κ3) is 5.59. The predicted octanol–water partition coefficient (Wildman–Crippen LogP) is 5.41.